The van der Waals surface area contributed by atoms with E-state index in [1.54, 1.807) is 6.92 Å². The van der Waals surface area contributed by atoms with Gasteiger partial charge < -0.3 is 0 Å². The predicted octanol–water partition coefficient (Wildman–Crippen LogP) is 2.31. The molecule has 1 N–H and O–H groups in total. The van der Waals surface area contributed by atoms with Gasteiger partial charge in [-0.15, -0.1) is 0 Å². The lowest BCUT2D eigenvalue weighted by atomic mass is 9.81. The largest absolute Gasteiger partial charge is 0.298 e. The van der Waals surface area contributed by atoms with Gasteiger partial charge in [-0.1, -0.05) is 18.1 Å². The van der Waals surface area contributed by atoms with Crippen LogP contribution in [-0.4, -0.2) is 27.9 Å². The molecule has 0 bridgehead atoms. The molecule has 4 nitrogen and oxygen atoms in total. The van der Waals surface area contributed by atoms with Crippen molar-refractivity contribution >= 4 is 5.78 Å². The number of ketones is 1. The molecule has 92 valence electrons. The van der Waals surface area contributed by atoms with Gasteiger partial charge in [-0.2, -0.15) is 0 Å². The Morgan fingerprint density at radius 2 is 2.06 bits per heavy atom. The van der Waals surface area contributed by atoms with Gasteiger partial charge in [-0.25, -0.2) is 0 Å². The minimum absolute atomic E-state index is 0.0337. The van der Waals surface area contributed by atoms with Crippen LogP contribution in [0.15, 0.2) is 0 Å². The van der Waals surface area contributed by atoms with Crippen LogP contribution in [0.2, 0.25) is 0 Å². The third kappa shape index (κ3) is 2.01. The molecule has 1 aliphatic heterocycles. The third-order valence-corrected chi connectivity index (χ3v) is 4.26. The Morgan fingerprint density at radius 3 is 2.75 bits per heavy atom. The highest BCUT2D eigenvalue weighted by molar-refractivity contribution is 5.85. The van der Waals surface area contributed by atoms with Crippen molar-refractivity contribution in [2.45, 2.75) is 64.0 Å². The second-order valence-electron chi connectivity index (χ2n) is 5.33. The Balaban J connectivity index is 2.14. The molecular weight excluding hydrogens is 206 g/mol. The zero-order valence-corrected chi connectivity index (χ0v) is 10.1. The van der Waals surface area contributed by atoms with E-state index in [1.807, 2.05) is 0 Å². The fourth-order valence-corrected chi connectivity index (χ4v) is 2.76. The molecule has 0 aromatic carbocycles. The van der Waals surface area contributed by atoms with Crippen molar-refractivity contribution in [2.24, 2.45) is 5.92 Å². The van der Waals surface area contributed by atoms with Crippen LogP contribution < -0.4 is 0 Å². The first-order valence-electron chi connectivity index (χ1n) is 6.21. The summed E-state index contributed by atoms with van der Waals surface area (Å²) in [5.74, 6) is 0.471. The highest BCUT2D eigenvalue weighted by atomic mass is 16.9. The molecular formula is C12H21NO3. The van der Waals surface area contributed by atoms with Gasteiger partial charge in [0.15, 0.2) is 5.78 Å². The molecule has 1 unspecified atom stereocenters. The second-order valence-corrected chi connectivity index (χ2v) is 5.33. The Bertz CT molecular complexity index is 281. The SMILES string of the molecule is CC(=O)C1(C)CC[C@@H]2CCCC[C@@H]2ON1O. The number of Topliss-reactive ketones (excluding diaryl/α,β-unsaturated/α-hetero) is 1. The number of hydrogen-bond donors (Lipinski definition) is 1. The number of hydrogen-bond acceptors (Lipinski definition) is 4. The van der Waals surface area contributed by atoms with Crippen LogP contribution in [0.3, 0.4) is 0 Å². The van der Waals surface area contributed by atoms with Crippen LogP contribution in [0.5, 0.6) is 0 Å². The first kappa shape index (κ1) is 12.0. The Kier molecular flexibility index (Phi) is 3.33. The zero-order valence-electron chi connectivity index (χ0n) is 10.1. The Hall–Kier alpha value is -0.450. The van der Waals surface area contributed by atoms with Gasteiger partial charge >= 0.3 is 0 Å². The summed E-state index contributed by atoms with van der Waals surface area (Å²) in [4.78, 5) is 17.2. The second kappa shape index (κ2) is 4.43. The molecule has 1 saturated heterocycles. The first-order chi connectivity index (χ1) is 7.54. The molecule has 16 heavy (non-hydrogen) atoms. The molecule has 0 spiro atoms. The molecule has 0 amide bonds. The van der Waals surface area contributed by atoms with Gasteiger partial charge in [-0.3, -0.25) is 14.8 Å². The number of carbonyl (C=O) groups excluding carboxylic acids is 1. The molecule has 3 atom stereocenters. The van der Waals surface area contributed by atoms with Gasteiger partial charge in [0.05, 0.1) is 6.10 Å². The van der Waals surface area contributed by atoms with Crippen molar-refractivity contribution in [2.75, 3.05) is 0 Å². The van der Waals surface area contributed by atoms with E-state index >= 15 is 0 Å². The predicted molar refractivity (Wildman–Crippen MR) is 58.8 cm³/mol. The lowest BCUT2D eigenvalue weighted by Crippen LogP contribution is -2.49. The third-order valence-electron chi connectivity index (χ3n) is 4.26. The highest BCUT2D eigenvalue weighted by Gasteiger charge is 2.44. The molecule has 4 heteroatoms. The summed E-state index contributed by atoms with van der Waals surface area (Å²) in [6.45, 7) is 3.27. The lowest BCUT2D eigenvalue weighted by molar-refractivity contribution is -0.395. The number of rotatable bonds is 1. The topological polar surface area (TPSA) is 49.8 Å². The normalized spacial score (nSPS) is 41.2. The van der Waals surface area contributed by atoms with Crippen molar-refractivity contribution in [3.8, 4) is 0 Å². The lowest BCUT2D eigenvalue weighted by Gasteiger charge is -2.33. The number of carbonyl (C=O) groups is 1. The average Bonchev–Trinajstić information content (AvgIpc) is 2.38. The van der Waals surface area contributed by atoms with E-state index in [4.69, 9.17) is 4.84 Å². The number of hydroxylamine groups is 2. The molecule has 2 fully saturated rings. The van der Waals surface area contributed by atoms with Crippen molar-refractivity contribution in [3.05, 3.63) is 0 Å². The molecule has 2 rings (SSSR count). The Labute approximate surface area is 96.5 Å². The Morgan fingerprint density at radius 1 is 1.38 bits per heavy atom. The minimum Gasteiger partial charge on any atom is -0.298 e. The standard InChI is InChI=1S/C12H21NO3/c1-9(14)12(2)8-7-10-5-3-4-6-11(10)16-13(12)15/h10-11,15H,3-8H2,1-2H3/t10-,11-,12?/m0/s1. The van der Waals surface area contributed by atoms with Crippen LogP contribution in [-0.2, 0) is 9.63 Å². The van der Waals surface area contributed by atoms with E-state index < -0.39 is 5.54 Å². The molecule has 2 aliphatic rings. The zero-order chi connectivity index (χ0) is 11.8. The fraction of sp³-hybridized carbons (Fsp3) is 0.917. The smallest absolute Gasteiger partial charge is 0.154 e. The average molecular weight is 227 g/mol. The van der Waals surface area contributed by atoms with Crippen LogP contribution in [0.4, 0.5) is 0 Å². The summed E-state index contributed by atoms with van der Waals surface area (Å²) in [5.41, 5.74) is -0.864. The van der Waals surface area contributed by atoms with Crippen molar-refractivity contribution < 1.29 is 14.8 Å². The van der Waals surface area contributed by atoms with E-state index in [-0.39, 0.29) is 11.9 Å². The molecule has 0 aromatic rings. The molecule has 1 heterocycles. The number of nitrogens with zero attached hydrogens (tertiary/aromatic N) is 1. The molecule has 1 aliphatic carbocycles. The summed E-state index contributed by atoms with van der Waals surface area (Å²) in [5, 5.41) is 10.7. The quantitative estimate of drug-likeness (QED) is 0.746. The molecule has 0 aromatic heterocycles. The summed E-state index contributed by atoms with van der Waals surface area (Å²) in [7, 11) is 0. The molecule has 1 saturated carbocycles. The van der Waals surface area contributed by atoms with Crippen LogP contribution in [0.1, 0.15) is 52.4 Å². The van der Waals surface area contributed by atoms with E-state index in [1.165, 1.54) is 13.3 Å². The van der Waals surface area contributed by atoms with E-state index in [0.717, 1.165) is 30.9 Å². The fourth-order valence-electron chi connectivity index (χ4n) is 2.76. The minimum atomic E-state index is -0.864. The summed E-state index contributed by atoms with van der Waals surface area (Å²) >= 11 is 0. The van der Waals surface area contributed by atoms with Crippen molar-refractivity contribution in [3.63, 3.8) is 0 Å². The van der Waals surface area contributed by atoms with Gasteiger partial charge in [-0.05, 0) is 45.4 Å². The monoisotopic (exact) mass is 227 g/mol. The van der Waals surface area contributed by atoms with E-state index in [0.29, 0.717) is 12.3 Å². The van der Waals surface area contributed by atoms with Crippen molar-refractivity contribution in [1.29, 1.82) is 0 Å². The van der Waals surface area contributed by atoms with E-state index in [9.17, 15) is 10.0 Å². The number of fused-ring (bicyclic) bond motifs is 1. The first-order valence-corrected chi connectivity index (χ1v) is 6.21. The maximum absolute atomic E-state index is 11.6. The summed E-state index contributed by atoms with van der Waals surface area (Å²) < 4.78 is 0. The van der Waals surface area contributed by atoms with E-state index in [2.05, 4.69) is 0 Å². The van der Waals surface area contributed by atoms with Gasteiger partial charge in [0.25, 0.3) is 0 Å². The van der Waals surface area contributed by atoms with Crippen LogP contribution >= 0.6 is 0 Å². The highest BCUT2D eigenvalue weighted by Crippen LogP contribution is 2.37. The van der Waals surface area contributed by atoms with Crippen LogP contribution in [0.25, 0.3) is 0 Å². The maximum Gasteiger partial charge on any atom is 0.154 e. The van der Waals surface area contributed by atoms with Gasteiger partial charge in [0.2, 0.25) is 0 Å². The van der Waals surface area contributed by atoms with Crippen molar-refractivity contribution in [1.82, 2.24) is 5.23 Å². The van der Waals surface area contributed by atoms with Crippen LogP contribution in [0, 0.1) is 5.92 Å². The summed E-state index contributed by atoms with van der Waals surface area (Å²) in [6, 6.07) is 0. The maximum atomic E-state index is 11.6. The van der Waals surface area contributed by atoms with Gasteiger partial charge in [0, 0.05) is 0 Å². The summed E-state index contributed by atoms with van der Waals surface area (Å²) in [6.07, 6.45) is 6.30. The van der Waals surface area contributed by atoms with Gasteiger partial charge in [0.1, 0.15) is 5.54 Å². The molecule has 0 radical (unpaired) electrons.